The van der Waals surface area contributed by atoms with Crippen LogP contribution in [0, 0.1) is 5.92 Å². The molecule has 0 atom stereocenters. The van der Waals surface area contributed by atoms with Crippen LogP contribution in [0.3, 0.4) is 0 Å². The normalized spacial score (nSPS) is 11.1. The molecule has 2 aromatic carbocycles. The summed E-state index contributed by atoms with van der Waals surface area (Å²) in [5.41, 5.74) is 1.24. The number of benzene rings is 2. The maximum Gasteiger partial charge on any atom is 0.0548 e. The van der Waals surface area contributed by atoms with E-state index >= 15 is 0 Å². The van der Waals surface area contributed by atoms with Gasteiger partial charge in [-0.2, -0.15) is 0 Å². The standard InChI is InChI=1S/C17H19BrClNS/c1-12(2)10-20-11-13-5-3-8-16(19)17(13)21-15-7-4-6-14(18)9-15/h3-9,12,20H,10-11H2,1-2H3. The number of hydrogen-bond acceptors (Lipinski definition) is 2. The molecule has 4 heteroatoms. The van der Waals surface area contributed by atoms with Gasteiger partial charge in [-0.3, -0.25) is 0 Å². The van der Waals surface area contributed by atoms with E-state index in [-0.39, 0.29) is 0 Å². The Hall–Kier alpha value is -0.480. The van der Waals surface area contributed by atoms with Crippen molar-refractivity contribution in [2.45, 2.75) is 30.2 Å². The maximum absolute atomic E-state index is 6.40. The summed E-state index contributed by atoms with van der Waals surface area (Å²) in [5.74, 6) is 0.644. The Labute approximate surface area is 144 Å². The second-order valence-electron chi connectivity index (χ2n) is 5.31. The molecule has 2 aromatic rings. The molecule has 2 rings (SSSR count). The van der Waals surface area contributed by atoms with E-state index in [2.05, 4.69) is 53.3 Å². The van der Waals surface area contributed by atoms with Crippen molar-refractivity contribution in [2.24, 2.45) is 5.92 Å². The molecular weight excluding hydrogens is 366 g/mol. The summed E-state index contributed by atoms with van der Waals surface area (Å²) in [4.78, 5) is 2.32. The van der Waals surface area contributed by atoms with Crippen molar-refractivity contribution in [1.29, 1.82) is 0 Å². The summed E-state index contributed by atoms with van der Waals surface area (Å²) in [5, 5.41) is 4.29. The topological polar surface area (TPSA) is 12.0 Å². The van der Waals surface area contributed by atoms with E-state index in [1.54, 1.807) is 11.8 Å². The summed E-state index contributed by atoms with van der Waals surface area (Å²) in [6.07, 6.45) is 0. The van der Waals surface area contributed by atoms with E-state index in [0.29, 0.717) is 5.92 Å². The highest BCUT2D eigenvalue weighted by Crippen LogP contribution is 2.36. The lowest BCUT2D eigenvalue weighted by Crippen LogP contribution is -2.19. The minimum atomic E-state index is 0.644. The molecule has 21 heavy (non-hydrogen) atoms. The van der Waals surface area contributed by atoms with E-state index in [4.69, 9.17) is 11.6 Å². The van der Waals surface area contributed by atoms with Crippen molar-refractivity contribution in [3.8, 4) is 0 Å². The monoisotopic (exact) mass is 383 g/mol. The van der Waals surface area contributed by atoms with Crippen LogP contribution in [-0.2, 0) is 6.54 Å². The zero-order valence-corrected chi connectivity index (χ0v) is 15.4. The molecule has 112 valence electrons. The average molecular weight is 385 g/mol. The highest BCUT2D eigenvalue weighted by molar-refractivity contribution is 9.10. The Kier molecular flexibility index (Phi) is 6.62. The molecular formula is C17H19BrClNS. The van der Waals surface area contributed by atoms with Crippen molar-refractivity contribution in [3.63, 3.8) is 0 Å². The molecule has 0 aliphatic heterocycles. The van der Waals surface area contributed by atoms with Crippen LogP contribution in [0.2, 0.25) is 5.02 Å². The molecule has 0 fully saturated rings. The van der Waals surface area contributed by atoms with E-state index in [1.165, 1.54) is 10.5 Å². The van der Waals surface area contributed by atoms with Crippen LogP contribution >= 0.6 is 39.3 Å². The smallest absolute Gasteiger partial charge is 0.0548 e. The Morgan fingerprint density at radius 3 is 2.67 bits per heavy atom. The largest absolute Gasteiger partial charge is 0.312 e. The number of halogens is 2. The first-order valence-corrected chi connectivity index (χ1v) is 8.96. The number of hydrogen-bond donors (Lipinski definition) is 1. The van der Waals surface area contributed by atoms with Crippen molar-refractivity contribution >= 4 is 39.3 Å². The van der Waals surface area contributed by atoms with Crippen LogP contribution in [0.25, 0.3) is 0 Å². The van der Waals surface area contributed by atoms with Gasteiger partial charge in [0.05, 0.1) is 5.02 Å². The summed E-state index contributed by atoms with van der Waals surface area (Å²) in [7, 11) is 0. The van der Waals surface area contributed by atoms with E-state index in [9.17, 15) is 0 Å². The summed E-state index contributed by atoms with van der Waals surface area (Å²) in [6, 6.07) is 14.4. The maximum atomic E-state index is 6.40. The minimum Gasteiger partial charge on any atom is -0.312 e. The molecule has 0 aliphatic rings. The van der Waals surface area contributed by atoms with Crippen LogP contribution < -0.4 is 5.32 Å². The zero-order valence-electron chi connectivity index (χ0n) is 12.2. The molecule has 0 bridgehead atoms. The second-order valence-corrected chi connectivity index (χ2v) is 7.72. The molecule has 0 amide bonds. The molecule has 0 aliphatic carbocycles. The van der Waals surface area contributed by atoms with Crippen molar-refractivity contribution < 1.29 is 0 Å². The first-order chi connectivity index (χ1) is 10.1. The fourth-order valence-electron chi connectivity index (χ4n) is 1.95. The third kappa shape index (κ3) is 5.33. The van der Waals surface area contributed by atoms with Gasteiger partial charge in [0.1, 0.15) is 0 Å². The predicted molar refractivity (Wildman–Crippen MR) is 96.3 cm³/mol. The van der Waals surface area contributed by atoms with Gasteiger partial charge in [-0.1, -0.05) is 71.3 Å². The summed E-state index contributed by atoms with van der Waals surface area (Å²) >= 11 is 11.6. The zero-order chi connectivity index (χ0) is 15.2. The van der Waals surface area contributed by atoms with Crippen LogP contribution in [-0.4, -0.2) is 6.54 Å². The summed E-state index contributed by atoms with van der Waals surface area (Å²) in [6.45, 7) is 6.27. The third-order valence-electron chi connectivity index (χ3n) is 2.93. The van der Waals surface area contributed by atoms with Crippen LogP contribution in [0.15, 0.2) is 56.7 Å². The quantitative estimate of drug-likeness (QED) is 0.655. The first kappa shape index (κ1) is 16.9. The van der Waals surface area contributed by atoms with E-state index < -0.39 is 0 Å². The van der Waals surface area contributed by atoms with E-state index in [1.807, 2.05) is 24.3 Å². The Morgan fingerprint density at radius 1 is 1.19 bits per heavy atom. The van der Waals surface area contributed by atoms with Gasteiger partial charge in [0.25, 0.3) is 0 Å². The molecule has 0 saturated carbocycles. The Bertz CT molecular complexity index is 601. The van der Waals surface area contributed by atoms with Gasteiger partial charge in [0, 0.05) is 20.8 Å². The van der Waals surface area contributed by atoms with E-state index in [0.717, 1.165) is 27.5 Å². The third-order valence-corrected chi connectivity index (χ3v) is 5.03. The average Bonchev–Trinajstić information content (AvgIpc) is 2.42. The Morgan fingerprint density at radius 2 is 1.95 bits per heavy atom. The number of nitrogens with one attached hydrogen (secondary N) is 1. The lowest BCUT2D eigenvalue weighted by atomic mass is 10.2. The van der Waals surface area contributed by atoms with Crippen LogP contribution in [0.4, 0.5) is 0 Å². The Balaban J connectivity index is 2.17. The first-order valence-electron chi connectivity index (χ1n) is 6.98. The van der Waals surface area contributed by atoms with Crippen molar-refractivity contribution in [2.75, 3.05) is 6.54 Å². The van der Waals surface area contributed by atoms with Gasteiger partial charge in [-0.05, 0) is 42.3 Å². The van der Waals surface area contributed by atoms with Gasteiger partial charge in [0.15, 0.2) is 0 Å². The highest BCUT2D eigenvalue weighted by Gasteiger charge is 2.09. The number of rotatable bonds is 6. The van der Waals surface area contributed by atoms with Gasteiger partial charge in [-0.15, -0.1) is 0 Å². The molecule has 0 spiro atoms. The van der Waals surface area contributed by atoms with Crippen molar-refractivity contribution in [1.82, 2.24) is 5.32 Å². The van der Waals surface area contributed by atoms with Crippen LogP contribution in [0.5, 0.6) is 0 Å². The SMILES string of the molecule is CC(C)CNCc1cccc(Cl)c1Sc1cccc(Br)c1. The molecule has 1 nitrogen and oxygen atoms in total. The van der Waals surface area contributed by atoms with Crippen molar-refractivity contribution in [3.05, 3.63) is 57.5 Å². The predicted octanol–water partition coefficient (Wildman–Crippen LogP) is 6.00. The van der Waals surface area contributed by atoms with Gasteiger partial charge in [0.2, 0.25) is 0 Å². The fourth-order valence-corrected chi connectivity index (χ4v) is 3.82. The molecule has 1 N–H and O–H groups in total. The lowest BCUT2D eigenvalue weighted by Gasteiger charge is -2.13. The lowest BCUT2D eigenvalue weighted by molar-refractivity contribution is 0.550. The summed E-state index contributed by atoms with van der Waals surface area (Å²) < 4.78 is 1.08. The molecule has 0 heterocycles. The molecule has 0 radical (unpaired) electrons. The van der Waals surface area contributed by atoms with Gasteiger partial charge in [-0.25, -0.2) is 0 Å². The fraction of sp³-hybridized carbons (Fsp3) is 0.294. The van der Waals surface area contributed by atoms with Gasteiger partial charge >= 0.3 is 0 Å². The van der Waals surface area contributed by atoms with Gasteiger partial charge < -0.3 is 5.32 Å². The highest BCUT2D eigenvalue weighted by atomic mass is 79.9. The molecule has 0 aromatic heterocycles. The molecule has 0 saturated heterocycles. The minimum absolute atomic E-state index is 0.644. The van der Waals surface area contributed by atoms with Crippen LogP contribution in [0.1, 0.15) is 19.4 Å². The second kappa shape index (κ2) is 8.23. The molecule has 0 unspecified atom stereocenters.